The van der Waals surface area contributed by atoms with E-state index in [1.165, 1.54) is 53.5 Å². The fourth-order valence-electron chi connectivity index (χ4n) is 2.47. The number of carbonyl (C=O) groups excluding carboxylic acids is 2. The van der Waals surface area contributed by atoms with E-state index in [9.17, 15) is 19.2 Å². The molecule has 0 aliphatic heterocycles. The lowest BCUT2D eigenvalue weighted by molar-refractivity contribution is 0.0584. The van der Waals surface area contributed by atoms with Crippen LogP contribution < -0.4 is 15.0 Å². The number of carbonyl (C=O) groups is 3. The van der Waals surface area contributed by atoms with E-state index in [1.54, 1.807) is 32.3 Å². The Labute approximate surface area is 250 Å². The van der Waals surface area contributed by atoms with Gasteiger partial charge in [0.25, 0.3) is 5.56 Å². The standard InChI is InChI=1S/C9H12N2O3.C8H10N2O3.C6H8N2O3.C3H5Br/c1-4-5-14-8-6-7(9(12)13-3)10-11(8)2;1-3-4-13-7-5-6(8(11)12)9-10(7)2;1-8-5(9)3-4(7-8)6(10)11-2;1-2-3-4/h4,6H,1,5H2,2-3H3;3,5H,1,4H2,2H3,(H,11,12);3,7H,1-2H3;2H,1,3H2. The molecule has 16 heteroatoms. The van der Waals surface area contributed by atoms with Crippen LogP contribution in [-0.2, 0) is 30.6 Å². The number of carboxylic acid groups (broad SMARTS) is 1. The molecule has 0 spiro atoms. The van der Waals surface area contributed by atoms with Crippen molar-refractivity contribution in [3.8, 4) is 11.8 Å². The number of aryl methyl sites for hydroxylation is 3. The fourth-order valence-corrected chi connectivity index (χ4v) is 2.47. The van der Waals surface area contributed by atoms with Crippen LogP contribution in [0.2, 0.25) is 0 Å². The number of hydrogen-bond acceptors (Lipinski definition) is 10. The lowest BCUT2D eigenvalue weighted by Crippen LogP contribution is -2.10. The second kappa shape index (κ2) is 20.1. The number of alkyl halides is 1. The molecule has 0 bridgehead atoms. The lowest BCUT2D eigenvalue weighted by Gasteiger charge is -2.00. The Morgan fingerprint density at radius 2 is 1.33 bits per heavy atom. The topological polar surface area (TPSA) is 182 Å². The number of esters is 2. The predicted molar refractivity (Wildman–Crippen MR) is 157 cm³/mol. The summed E-state index contributed by atoms with van der Waals surface area (Å²) >= 11 is 3.13. The van der Waals surface area contributed by atoms with Crippen molar-refractivity contribution in [1.82, 2.24) is 29.3 Å². The van der Waals surface area contributed by atoms with Gasteiger partial charge in [-0.3, -0.25) is 14.6 Å². The third-order valence-electron chi connectivity index (χ3n) is 4.39. The van der Waals surface area contributed by atoms with Crippen LogP contribution in [0.1, 0.15) is 31.5 Å². The molecule has 0 aliphatic carbocycles. The highest BCUT2D eigenvalue weighted by Crippen LogP contribution is 2.13. The predicted octanol–water partition coefficient (Wildman–Crippen LogP) is 2.52. The quantitative estimate of drug-likeness (QED) is 0.186. The summed E-state index contributed by atoms with van der Waals surface area (Å²) in [6.45, 7) is 11.1. The Morgan fingerprint density at radius 1 is 0.881 bits per heavy atom. The van der Waals surface area contributed by atoms with Gasteiger partial charge >= 0.3 is 17.9 Å². The molecule has 0 aromatic carbocycles. The molecule has 0 fully saturated rings. The van der Waals surface area contributed by atoms with E-state index < -0.39 is 17.9 Å². The Balaban J connectivity index is 0.000000567. The highest BCUT2D eigenvalue weighted by molar-refractivity contribution is 9.09. The number of halogens is 1. The zero-order valence-electron chi connectivity index (χ0n) is 24.0. The van der Waals surface area contributed by atoms with E-state index in [-0.39, 0.29) is 22.6 Å². The monoisotopic (exact) mass is 654 g/mol. The van der Waals surface area contributed by atoms with Gasteiger partial charge in [0.05, 0.1) is 14.2 Å². The largest absolute Gasteiger partial charge is 0.476 e. The number of nitrogens with zero attached hydrogens (tertiary/aromatic N) is 5. The summed E-state index contributed by atoms with van der Waals surface area (Å²) in [7, 11) is 7.39. The third kappa shape index (κ3) is 13.0. The molecule has 3 aromatic heterocycles. The van der Waals surface area contributed by atoms with E-state index in [0.29, 0.717) is 25.0 Å². The summed E-state index contributed by atoms with van der Waals surface area (Å²) < 4.78 is 23.3. The highest BCUT2D eigenvalue weighted by Gasteiger charge is 2.13. The summed E-state index contributed by atoms with van der Waals surface area (Å²) in [5.41, 5.74) is 0.112. The maximum Gasteiger partial charge on any atom is 0.358 e. The first-order valence-corrected chi connectivity index (χ1v) is 12.9. The Hall–Kier alpha value is -4.86. The van der Waals surface area contributed by atoms with E-state index >= 15 is 0 Å². The zero-order chi connectivity index (χ0) is 32.2. The molecule has 15 nitrogen and oxygen atoms in total. The fraction of sp³-hybridized carbons (Fsp3) is 0.308. The van der Waals surface area contributed by atoms with Gasteiger partial charge in [0, 0.05) is 44.7 Å². The van der Waals surface area contributed by atoms with Gasteiger partial charge < -0.3 is 24.1 Å². The number of H-pyrrole nitrogens is 1. The molecule has 230 valence electrons. The van der Waals surface area contributed by atoms with Gasteiger partial charge in [-0.1, -0.05) is 47.3 Å². The molecule has 0 amide bonds. The van der Waals surface area contributed by atoms with E-state index in [4.69, 9.17) is 14.6 Å². The van der Waals surface area contributed by atoms with Gasteiger partial charge in [0.1, 0.15) is 18.9 Å². The Kier molecular flexibility index (Phi) is 17.8. The van der Waals surface area contributed by atoms with Crippen LogP contribution >= 0.6 is 15.9 Å². The molecule has 0 saturated heterocycles. The van der Waals surface area contributed by atoms with Crippen molar-refractivity contribution in [3.63, 3.8) is 0 Å². The van der Waals surface area contributed by atoms with Gasteiger partial charge in [-0.25, -0.2) is 23.7 Å². The first kappa shape index (κ1) is 37.1. The van der Waals surface area contributed by atoms with E-state index in [1.807, 2.05) is 0 Å². The number of methoxy groups -OCH3 is 2. The second-order valence-electron chi connectivity index (χ2n) is 7.48. The molecule has 0 aliphatic rings. The number of ether oxygens (including phenoxy) is 4. The second-order valence-corrected chi connectivity index (χ2v) is 8.13. The van der Waals surface area contributed by atoms with Gasteiger partial charge in [-0.2, -0.15) is 10.2 Å². The number of carboxylic acids is 1. The number of aromatic carboxylic acids is 1. The van der Waals surface area contributed by atoms with Crippen molar-refractivity contribution in [3.05, 3.63) is 83.6 Å². The molecular formula is C26H35BrN6O9. The number of rotatable bonds is 10. The average molecular weight is 656 g/mol. The molecule has 3 heterocycles. The molecule has 0 unspecified atom stereocenters. The van der Waals surface area contributed by atoms with Crippen LogP contribution in [0.3, 0.4) is 0 Å². The zero-order valence-corrected chi connectivity index (χ0v) is 25.6. The molecule has 0 atom stereocenters. The first-order valence-electron chi connectivity index (χ1n) is 11.8. The molecule has 3 aromatic rings. The maximum absolute atomic E-state index is 11.1. The van der Waals surface area contributed by atoms with Gasteiger partial charge in [-0.15, -0.1) is 6.58 Å². The number of aromatic nitrogens is 6. The smallest absolute Gasteiger partial charge is 0.358 e. The van der Waals surface area contributed by atoms with Crippen molar-refractivity contribution in [1.29, 1.82) is 0 Å². The number of nitrogens with one attached hydrogen (secondary N) is 1. The molecule has 3 rings (SSSR count). The minimum atomic E-state index is -1.07. The molecular weight excluding hydrogens is 620 g/mol. The molecule has 0 saturated carbocycles. The average Bonchev–Trinajstić information content (AvgIpc) is 3.66. The van der Waals surface area contributed by atoms with Crippen molar-refractivity contribution in [2.75, 3.05) is 32.8 Å². The van der Waals surface area contributed by atoms with Crippen molar-refractivity contribution < 1.29 is 38.4 Å². The summed E-state index contributed by atoms with van der Waals surface area (Å²) in [6.07, 6.45) is 4.98. The van der Waals surface area contributed by atoms with Crippen LogP contribution in [0.25, 0.3) is 0 Å². The van der Waals surface area contributed by atoms with Crippen LogP contribution in [0.15, 0.2) is 61.0 Å². The van der Waals surface area contributed by atoms with Crippen LogP contribution in [-0.4, -0.2) is 85.1 Å². The first-order chi connectivity index (χ1) is 19.9. The minimum Gasteiger partial charge on any atom is -0.476 e. The van der Waals surface area contributed by atoms with Gasteiger partial charge in [0.2, 0.25) is 11.8 Å². The van der Waals surface area contributed by atoms with Crippen LogP contribution in [0, 0.1) is 0 Å². The normalized spacial score (nSPS) is 9.29. The van der Waals surface area contributed by atoms with E-state index in [2.05, 4.69) is 60.4 Å². The van der Waals surface area contributed by atoms with Crippen LogP contribution in [0.4, 0.5) is 0 Å². The lowest BCUT2D eigenvalue weighted by atomic mass is 10.4. The molecule has 0 radical (unpaired) electrons. The van der Waals surface area contributed by atoms with Crippen molar-refractivity contribution in [2.45, 2.75) is 0 Å². The summed E-state index contributed by atoms with van der Waals surface area (Å²) in [5.74, 6) is -1.16. The number of aromatic amines is 1. The van der Waals surface area contributed by atoms with E-state index in [0.717, 1.165) is 5.33 Å². The SMILES string of the molecule is C=CCBr.C=CCOc1cc(C(=O)O)nn1C.C=CCOc1cc(C(=O)OC)nn1C.COC(=O)c1cc(=O)n(C)[nH]1. The summed E-state index contributed by atoms with van der Waals surface area (Å²) in [5, 5.41) is 19.7. The van der Waals surface area contributed by atoms with Crippen molar-refractivity contribution in [2.24, 2.45) is 21.1 Å². The summed E-state index contributed by atoms with van der Waals surface area (Å²) in [4.78, 5) is 43.1. The molecule has 2 N–H and O–H groups in total. The Bertz CT molecular complexity index is 1390. The minimum absolute atomic E-state index is 0.0263. The van der Waals surface area contributed by atoms with Gasteiger partial charge in [0.15, 0.2) is 11.4 Å². The Morgan fingerprint density at radius 3 is 1.67 bits per heavy atom. The molecule has 42 heavy (non-hydrogen) atoms. The number of allylic oxidation sites excluding steroid dienone is 1. The van der Waals surface area contributed by atoms with Crippen LogP contribution in [0.5, 0.6) is 11.8 Å². The maximum atomic E-state index is 11.1. The number of hydrogen-bond donors (Lipinski definition) is 2. The van der Waals surface area contributed by atoms with Crippen molar-refractivity contribution >= 4 is 33.8 Å². The van der Waals surface area contributed by atoms with Gasteiger partial charge in [-0.05, 0) is 0 Å². The highest BCUT2D eigenvalue weighted by atomic mass is 79.9. The third-order valence-corrected chi connectivity index (χ3v) is 4.84. The summed E-state index contributed by atoms with van der Waals surface area (Å²) in [6, 6.07) is 4.08.